The van der Waals surface area contributed by atoms with Crippen LogP contribution in [0.4, 0.5) is 4.39 Å². The first-order valence-electron chi connectivity index (χ1n) is 10.6. The third-order valence-electron chi connectivity index (χ3n) is 6.10. The van der Waals surface area contributed by atoms with Crippen molar-refractivity contribution in [3.8, 4) is 11.1 Å². The number of unbranched alkanes of at least 4 members (excludes halogenated alkanes) is 2. The Labute approximate surface area is 164 Å². The van der Waals surface area contributed by atoms with E-state index in [0.29, 0.717) is 12.5 Å². The zero-order valence-corrected chi connectivity index (χ0v) is 16.8. The third kappa shape index (κ3) is 5.42. The lowest BCUT2D eigenvalue weighted by molar-refractivity contribution is 0.185. The molecular formula is C25H33FO. The Morgan fingerprint density at radius 3 is 2.26 bits per heavy atom. The van der Waals surface area contributed by atoms with Gasteiger partial charge in [-0.2, -0.15) is 0 Å². The molecule has 1 nitrogen and oxygen atoms in total. The van der Waals surface area contributed by atoms with Crippen molar-refractivity contribution in [3.05, 3.63) is 59.4 Å². The molecule has 1 aliphatic rings. The topological polar surface area (TPSA) is 9.23 Å². The minimum atomic E-state index is -0.0390. The van der Waals surface area contributed by atoms with Crippen molar-refractivity contribution in [1.82, 2.24) is 0 Å². The standard InChI is InChI=1S/C25H33FO/c1-3-4-5-6-19-7-13-22(14-8-19)24-16-15-23(17-25(24)26)21-11-9-20(10-12-21)18-27-2/h9-12,15-17,19,22H,3-8,13-14,18H2,1-2H3. The second-order valence-electron chi connectivity index (χ2n) is 8.08. The Hall–Kier alpha value is -1.67. The van der Waals surface area contributed by atoms with Crippen LogP contribution in [0.15, 0.2) is 42.5 Å². The van der Waals surface area contributed by atoms with Crippen LogP contribution in [-0.4, -0.2) is 7.11 Å². The SMILES string of the molecule is CCCCCC1CCC(c2ccc(-c3ccc(COC)cc3)cc2F)CC1. The average Bonchev–Trinajstić information content (AvgIpc) is 2.70. The van der Waals surface area contributed by atoms with Crippen LogP contribution in [0, 0.1) is 11.7 Å². The van der Waals surface area contributed by atoms with Crippen molar-refractivity contribution in [1.29, 1.82) is 0 Å². The van der Waals surface area contributed by atoms with Crippen molar-refractivity contribution in [3.63, 3.8) is 0 Å². The summed E-state index contributed by atoms with van der Waals surface area (Å²) in [6.07, 6.45) is 10.2. The molecule has 0 unspecified atom stereocenters. The van der Waals surface area contributed by atoms with Crippen molar-refractivity contribution in [2.45, 2.75) is 70.8 Å². The first-order valence-corrected chi connectivity index (χ1v) is 10.6. The molecule has 1 saturated carbocycles. The van der Waals surface area contributed by atoms with Crippen molar-refractivity contribution in [2.24, 2.45) is 5.92 Å². The lowest BCUT2D eigenvalue weighted by atomic mass is 9.76. The molecule has 0 saturated heterocycles. The molecule has 0 spiro atoms. The van der Waals surface area contributed by atoms with Gasteiger partial charge in [-0.25, -0.2) is 4.39 Å². The summed E-state index contributed by atoms with van der Waals surface area (Å²) < 4.78 is 20.0. The monoisotopic (exact) mass is 368 g/mol. The van der Waals surface area contributed by atoms with Crippen LogP contribution >= 0.6 is 0 Å². The Morgan fingerprint density at radius 1 is 0.926 bits per heavy atom. The number of hydrogen-bond donors (Lipinski definition) is 0. The molecule has 0 aliphatic heterocycles. The van der Waals surface area contributed by atoms with E-state index in [1.807, 2.05) is 30.3 Å². The second kappa shape index (κ2) is 10.0. The van der Waals surface area contributed by atoms with Gasteiger partial charge >= 0.3 is 0 Å². The van der Waals surface area contributed by atoms with E-state index in [2.05, 4.69) is 13.0 Å². The van der Waals surface area contributed by atoms with E-state index in [9.17, 15) is 4.39 Å². The molecule has 0 atom stereocenters. The van der Waals surface area contributed by atoms with Gasteiger partial charge in [0, 0.05) is 7.11 Å². The molecule has 0 N–H and O–H groups in total. The first kappa shape index (κ1) is 20.1. The molecule has 0 amide bonds. The van der Waals surface area contributed by atoms with Gasteiger partial charge < -0.3 is 4.74 Å². The lowest BCUT2D eigenvalue weighted by Crippen LogP contribution is -2.14. The fourth-order valence-electron chi connectivity index (χ4n) is 4.44. The molecule has 2 heteroatoms. The molecule has 0 aromatic heterocycles. The van der Waals surface area contributed by atoms with Gasteiger partial charge in [-0.15, -0.1) is 0 Å². The van der Waals surface area contributed by atoms with Gasteiger partial charge in [-0.05, 0) is 65.8 Å². The number of benzene rings is 2. The van der Waals surface area contributed by atoms with Crippen molar-refractivity contribution >= 4 is 0 Å². The van der Waals surface area contributed by atoms with E-state index in [1.165, 1.54) is 38.5 Å². The van der Waals surface area contributed by atoms with Crippen LogP contribution in [0.2, 0.25) is 0 Å². The van der Waals surface area contributed by atoms with Gasteiger partial charge in [0.15, 0.2) is 0 Å². The summed E-state index contributed by atoms with van der Waals surface area (Å²) in [5.74, 6) is 1.22. The van der Waals surface area contributed by atoms with Crippen LogP contribution in [0.3, 0.4) is 0 Å². The number of methoxy groups -OCH3 is 1. The maximum atomic E-state index is 14.8. The number of halogens is 1. The van der Waals surface area contributed by atoms with E-state index in [0.717, 1.165) is 41.0 Å². The molecule has 1 aliphatic carbocycles. The van der Waals surface area contributed by atoms with Gasteiger partial charge in [0.05, 0.1) is 6.61 Å². The fraction of sp³-hybridized carbons (Fsp3) is 0.520. The minimum Gasteiger partial charge on any atom is -0.380 e. The zero-order valence-electron chi connectivity index (χ0n) is 16.8. The maximum absolute atomic E-state index is 14.8. The summed E-state index contributed by atoms with van der Waals surface area (Å²) in [6, 6.07) is 14.0. The summed E-state index contributed by atoms with van der Waals surface area (Å²) in [5.41, 5.74) is 4.06. The highest BCUT2D eigenvalue weighted by molar-refractivity contribution is 5.64. The molecular weight excluding hydrogens is 335 g/mol. The predicted octanol–water partition coefficient (Wildman–Crippen LogP) is 7.49. The van der Waals surface area contributed by atoms with E-state index in [1.54, 1.807) is 13.2 Å². The highest BCUT2D eigenvalue weighted by Gasteiger charge is 2.24. The van der Waals surface area contributed by atoms with Gasteiger partial charge in [0.1, 0.15) is 5.82 Å². The quantitative estimate of drug-likeness (QED) is 0.438. The summed E-state index contributed by atoms with van der Waals surface area (Å²) in [6.45, 7) is 2.87. The van der Waals surface area contributed by atoms with Crippen LogP contribution < -0.4 is 0 Å². The van der Waals surface area contributed by atoms with Crippen molar-refractivity contribution in [2.75, 3.05) is 7.11 Å². The largest absolute Gasteiger partial charge is 0.380 e. The summed E-state index contributed by atoms with van der Waals surface area (Å²) in [5, 5.41) is 0. The molecule has 0 bridgehead atoms. The van der Waals surface area contributed by atoms with Gasteiger partial charge in [0.2, 0.25) is 0 Å². The average molecular weight is 369 g/mol. The van der Waals surface area contributed by atoms with E-state index in [-0.39, 0.29) is 5.82 Å². The maximum Gasteiger partial charge on any atom is 0.127 e. The molecule has 2 aromatic carbocycles. The molecule has 146 valence electrons. The van der Waals surface area contributed by atoms with E-state index < -0.39 is 0 Å². The summed E-state index contributed by atoms with van der Waals surface area (Å²) in [4.78, 5) is 0. The molecule has 2 aromatic rings. The third-order valence-corrected chi connectivity index (χ3v) is 6.10. The normalized spacial score (nSPS) is 20.0. The first-order chi connectivity index (χ1) is 13.2. The number of hydrogen-bond acceptors (Lipinski definition) is 1. The van der Waals surface area contributed by atoms with Crippen LogP contribution in [0.25, 0.3) is 11.1 Å². The zero-order chi connectivity index (χ0) is 19.1. The number of rotatable bonds is 8. The van der Waals surface area contributed by atoms with Gasteiger partial charge in [0.25, 0.3) is 0 Å². The summed E-state index contributed by atoms with van der Waals surface area (Å²) >= 11 is 0. The number of ether oxygens (including phenoxy) is 1. The fourth-order valence-corrected chi connectivity index (χ4v) is 4.44. The molecule has 1 fully saturated rings. The van der Waals surface area contributed by atoms with Crippen LogP contribution in [0.1, 0.15) is 75.3 Å². The van der Waals surface area contributed by atoms with Crippen molar-refractivity contribution < 1.29 is 9.13 Å². The highest BCUT2D eigenvalue weighted by Crippen LogP contribution is 2.39. The second-order valence-corrected chi connectivity index (χ2v) is 8.08. The van der Waals surface area contributed by atoms with Gasteiger partial charge in [-0.3, -0.25) is 0 Å². The Kier molecular flexibility index (Phi) is 7.46. The Bertz CT molecular complexity index is 699. The molecule has 27 heavy (non-hydrogen) atoms. The molecule has 3 rings (SSSR count). The highest BCUT2D eigenvalue weighted by atomic mass is 19.1. The Morgan fingerprint density at radius 2 is 1.63 bits per heavy atom. The predicted molar refractivity (Wildman–Crippen MR) is 111 cm³/mol. The molecule has 0 radical (unpaired) electrons. The van der Waals surface area contributed by atoms with Gasteiger partial charge in [-0.1, -0.05) is 69.0 Å². The lowest BCUT2D eigenvalue weighted by Gasteiger charge is -2.29. The minimum absolute atomic E-state index is 0.0390. The molecule has 0 heterocycles. The van der Waals surface area contributed by atoms with Crippen LogP contribution in [-0.2, 0) is 11.3 Å². The van der Waals surface area contributed by atoms with Crippen LogP contribution in [0.5, 0.6) is 0 Å². The smallest absolute Gasteiger partial charge is 0.127 e. The Balaban J connectivity index is 1.62. The van der Waals surface area contributed by atoms with E-state index >= 15 is 0 Å². The van der Waals surface area contributed by atoms with E-state index in [4.69, 9.17) is 4.74 Å². The summed E-state index contributed by atoms with van der Waals surface area (Å²) in [7, 11) is 1.70.